The number of hydrogen-bond acceptors (Lipinski definition) is 5. The van der Waals surface area contributed by atoms with E-state index >= 15 is 0 Å². The number of nitrogens with one attached hydrogen (secondary N) is 1. The Hall–Kier alpha value is -2.02. The summed E-state index contributed by atoms with van der Waals surface area (Å²) >= 11 is 0. The number of amides is 1. The first-order valence-electron chi connectivity index (χ1n) is 5.86. The maximum atomic E-state index is 10.7. The molecule has 0 aliphatic carbocycles. The molecule has 0 heterocycles. The molecule has 9 nitrogen and oxygen atoms in total. The molecule has 22 heavy (non-hydrogen) atoms. The fraction of sp³-hybridized carbons (Fsp3) is 0.667. The highest BCUT2D eigenvalue weighted by atomic mass is 19.4. The van der Waals surface area contributed by atoms with Crippen LogP contribution in [0.15, 0.2) is 4.99 Å². The molecule has 0 radical (unpaired) electrons. The number of hydrogen-bond donors (Lipinski definition) is 6. The molecule has 128 valence electrons. The minimum absolute atomic E-state index is 0.00405. The summed E-state index contributed by atoms with van der Waals surface area (Å²) in [6, 6.07) is 0. The monoisotopic (exact) mass is 330 g/mol. The molecule has 8 N–H and O–H groups in total. The number of rotatable bonds is 6. The Bertz CT molecular complexity index is 388. The van der Waals surface area contributed by atoms with E-state index in [2.05, 4.69) is 10.3 Å². The normalized spacial score (nSPS) is 11.5. The number of carbonyl (C=O) groups excluding carboxylic acids is 1. The van der Waals surface area contributed by atoms with Gasteiger partial charge in [0, 0.05) is 13.5 Å². The second kappa shape index (κ2) is 10.7. The number of nitrogens with zero attached hydrogens (tertiary/aromatic N) is 1. The number of alkyl halides is 3. The van der Waals surface area contributed by atoms with E-state index in [4.69, 9.17) is 31.4 Å². The second-order valence-electron chi connectivity index (χ2n) is 3.97. The molecule has 0 saturated heterocycles. The van der Waals surface area contributed by atoms with Gasteiger partial charge in [0.15, 0.2) is 5.96 Å². The van der Waals surface area contributed by atoms with Crippen molar-refractivity contribution in [3.8, 4) is 0 Å². The predicted molar refractivity (Wildman–Crippen MR) is 71.4 cm³/mol. The van der Waals surface area contributed by atoms with E-state index in [1.807, 2.05) is 0 Å². The number of aliphatic imine (C=N–C) groups is 1. The van der Waals surface area contributed by atoms with E-state index in [9.17, 15) is 18.0 Å². The van der Waals surface area contributed by atoms with E-state index < -0.39 is 25.2 Å². The molecule has 0 rings (SSSR count). The zero-order chi connectivity index (χ0) is 17.9. The first-order valence-corrected chi connectivity index (χ1v) is 5.86. The highest BCUT2D eigenvalue weighted by Gasteiger charge is 2.38. The number of nitrogens with two attached hydrogens (primary N) is 2. The molecule has 0 aromatic heterocycles. The van der Waals surface area contributed by atoms with Crippen molar-refractivity contribution in [2.45, 2.75) is 31.9 Å². The number of carboxylic acid groups (broad SMARTS) is 1. The third kappa shape index (κ3) is 14.4. The number of halogens is 3. The largest absolute Gasteiger partial charge is 0.490 e. The van der Waals surface area contributed by atoms with E-state index in [1.54, 1.807) is 0 Å². The van der Waals surface area contributed by atoms with E-state index in [-0.39, 0.29) is 11.9 Å². The van der Waals surface area contributed by atoms with Gasteiger partial charge in [-0.05, 0) is 12.8 Å². The van der Waals surface area contributed by atoms with Gasteiger partial charge in [0.1, 0.15) is 0 Å². The van der Waals surface area contributed by atoms with Gasteiger partial charge in [-0.25, -0.2) is 4.79 Å². The first kappa shape index (κ1) is 22.3. The Labute approximate surface area is 124 Å². The second-order valence-corrected chi connectivity index (χ2v) is 3.97. The number of carboxylic acids is 1. The van der Waals surface area contributed by atoms with Gasteiger partial charge >= 0.3 is 19.3 Å². The Morgan fingerprint density at radius 2 is 1.77 bits per heavy atom. The van der Waals surface area contributed by atoms with E-state index in [0.717, 1.165) is 0 Å². The standard InChI is InChI=1S/C7H17BN4O3.C2HF3O2/c1-5(13)12-6(8(14)15)3-2-4-11-7(9)10;3-2(4,5)1(6)7/h6,14-15H,2-4H2,1H3,(H,12,13)(H4,9,10,11);(H,6,7)/t6-;/m0./s1. The summed E-state index contributed by atoms with van der Waals surface area (Å²) in [4.78, 5) is 23.3. The summed E-state index contributed by atoms with van der Waals surface area (Å²) in [6.07, 6.45) is -4.13. The fourth-order valence-corrected chi connectivity index (χ4v) is 1.08. The molecule has 0 aliphatic heterocycles. The zero-order valence-corrected chi connectivity index (χ0v) is 11.7. The number of guanidine groups is 1. The molecule has 0 spiro atoms. The van der Waals surface area contributed by atoms with Crippen molar-refractivity contribution in [3.05, 3.63) is 0 Å². The summed E-state index contributed by atoms with van der Waals surface area (Å²) in [5.74, 6) is -3.75. The van der Waals surface area contributed by atoms with Crippen LogP contribution in [-0.4, -0.2) is 58.8 Å². The van der Waals surface area contributed by atoms with Crippen molar-refractivity contribution in [2.24, 2.45) is 16.5 Å². The summed E-state index contributed by atoms with van der Waals surface area (Å²) in [5.41, 5.74) is 10.2. The van der Waals surface area contributed by atoms with Gasteiger partial charge in [-0.15, -0.1) is 0 Å². The lowest BCUT2D eigenvalue weighted by molar-refractivity contribution is -0.192. The van der Waals surface area contributed by atoms with Gasteiger partial charge in [-0.1, -0.05) is 0 Å². The average Bonchev–Trinajstić information content (AvgIpc) is 2.31. The van der Waals surface area contributed by atoms with E-state index in [1.165, 1.54) is 6.92 Å². The smallest absolute Gasteiger partial charge is 0.475 e. The molecule has 13 heteroatoms. The third-order valence-electron chi connectivity index (χ3n) is 1.96. The molecular weight excluding hydrogens is 312 g/mol. The molecule has 0 bridgehead atoms. The topological polar surface area (TPSA) is 171 Å². The molecular formula is C9H18BF3N4O5. The maximum absolute atomic E-state index is 10.7. The summed E-state index contributed by atoms with van der Waals surface area (Å²) in [5, 5.41) is 27.4. The number of aliphatic carboxylic acids is 1. The molecule has 0 aromatic rings. The van der Waals surface area contributed by atoms with Crippen LogP contribution in [-0.2, 0) is 9.59 Å². The molecule has 1 atom stereocenters. The van der Waals surface area contributed by atoms with Crippen molar-refractivity contribution >= 4 is 25.0 Å². The minimum Gasteiger partial charge on any atom is -0.475 e. The van der Waals surface area contributed by atoms with Crippen LogP contribution in [0, 0.1) is 0 Å². The molecule has 0 aliphatic rings. The van der Waals surface area contributed by atoms with Crippen LogP contribution >= 0.6 is 0 Å². The van der Waals surface area contributed by atoms with Crippen LogP contribution in [0.2, 0.25) is 0 Å². The average molecular weight is 330 g/mol. The summed E-state index contributed by atoms with van der Waals surface area (Å²) in [7, 11) is -1.58. The molecule has 0 saturated carbocycles. The van der Waals surface area contributed by atoms with Gasteiger partial charge in [0.2, 0.25) is 5.91 Å². The highest BCUT2D eigenvalue weighted by Crippen LogP contribution is 2.13. The molecule has 0 unspecified atom stereocenters. The fourth-order valence-electron chi connectivity index (χ4n) is 1.08. The number of carbonyl (C=O) groups is 2. The van der Waals surface area contributed by atoms with Gasteiger partial charge in [0.05, 0.1) is 5.94 Å². The summed E-state index contributed by atoms with van der Waals surface area (Å²) in [6.45, 7) is 1.70. The Morgan fingerprint density at radius 1 is 1.32 bits per heavy atom. The third-order valence-corrected chi connectivity index (χ3v) is 1.96. The van der Waals surface area contributed by atoms with Crippen molar-refractivity contribution in [3.63, 3.8) is 0 Å². The first-order chi connectivity index (χ1) is 9.87. The predicted octanol–water partition coefficient (Wildman–Crippen LogP) is -1.81. The van der Waals surface area contributed by atoms with Crippen LogP contribution in [0.4, 0.5) is 13.2 Å². The lowest BCUT2D eigenvalue weighted by atomic mass is 9.77. The van der Waals surface area contributed by atoms with Crippen LogP contribution in [0.25, 0.3) is 0 Å². The van der Waals surface area contributed by atoms with Crippen LogP contribution < -0.4 is 16.8 Å². The quantitative estimate of drug-likeness (QED) is 0.144. The van der Waals surface area contributed by atoms with E-state index in [0.29, 0.717) is 19.4 Å². The maximum Gasteiger partial charge on any atom is 0.490 e. The van der Waals surface area contributed by atoms with Gasteiger partial charge in [0.25, 0.3) is 0 Å². The highest BCUT2D eigenvalue weighted by molar-refractivity contribution is 6.43. The van der Waals surface area contributed by atoms with Crippen LogP contribution in [0.5, 0.6) is 0 Å². The summed E-state index contributed by atoms with van der Waals surface area (Å²) < 4.78 is 31.7. The SMILES string of the molecule is CC(=O)N[C@@H](CCCN=C(N)N)B(O)O.O=C(O)C(F)(F)F. The Balaban J connectivity index is 0. The minimum atomic E-state index is -5.08. The van der Waals surface area contributed by atoms with Gasteiger partial charge < -0.3 is 31.9 Å². The molecule has 0 fully saturated rings. The molecule has 1 amide bonds. The zero-order valence-electron chi connectivity index (χ0n) is 11.7. The van der Waals surface area contributed by atoms with Crippen molar-refractivity contribution in [2.75, 3.05) is 6.54 Å². The van der Waals surface area contributed by atoms with Gasteiger partial charge in [-0.2, -0.15) is 13.2 Å². The van der Waals surface area contributed by atoms with Crippen molar-refractivity contribution in [1.29, 1.82) is 0 Å². The van der Waals surface area contributed by atoms with Crippen LogP contribution in [0.3, 0.4) is 0 Å². The van der Waals surface area contributed by atoms with Crippen molar-refractivity contribution < 1.29 is 37.9 Å². The Morgan fingerprint density at radius 3 is 2.05 bits per heavy atom. The lowest BCUT2D eigenvalue weighted by Crippen LogP contribution is -2.45. The Kier molecular flexibility index (Phi) is 10.8. The molecule has 0 aromatic carbocycles. The lowest BCUT2D eigenvalue weighted by Gasteiger charge is -2.15. The van der Waals surface area contributed by atoms with Crippen LogP contribution in [0.1, 0.15) is 19.8 Å². The van der Waals surface area contributed by atoms with Gasteiger partial charge in [-0.3, -0.25) is 9.79 Å². The van der Waals surface area contributed by atoms with Crippen molar-refractivity contribution in [1.82, 2.24) is 5.32 Å².